The summed E-state index contributed by atoms with van der Waals surface area (Å²) in [5.41, 5.74) is 4.53. The molecule has 0 aliphatic heterocycles. The number of carboxylic acids is 1. The first kappa shape index (κ1) is 50.7. The van der Waals surface area contributed by atoms with E-state index in [1.54, 1.807) is 83.6 Å². The molecule has 0 saturated heterocycles. The molecule has 0 atom stereocenters. The van der Waals surface area contributed by atoms with Gasteiger partial charge in [-0.3, -0.25) is 0 Å². The molecular weight excluding hydrogens is 937 g/mol. The number of alkyl halides is 6. The molecule has 2 aromatic heterocycles. The number of aryl methyl sites for hydroxylation is 4. The maximum absolute atomic E-state index is 13.7. The van der Waals surface area contributed by atoms with Gasteiger partial charge in [-0.05, 0) is 148 Å². The van der Waals surface area contributed by atoms with Crippen molar-refractivity contribution in [3.05, 3.63) is 213 Å². The summed E-state index contributed by atoms with van der Waals surface area (Å²) in [7, 11) is 1.12. The summed E-state index contributed by atoms with van der Waals surface area (Å²) in [6.45, 7) is 7.58. The molecule has 2 heterocycles. The number of aromatic carboxylic acids is 1. The number of rotatable bonds is 12. The zero-order valence-corrected chi connectivity index (χ0v) is 38.7. The molecule has 16 heteroatoms. The SMILES string of the molecule is COC(=O)c1cc(-n2c(C)ccc2-c2cc(C)ccc2OCc2ccc(F)cc2)cc(C(F)(F)F)c1.Cc1ccc(OCc2ccc(F)cc2)c(-c2ccc(C)n2-c2cc(C(=O)O)cc(C(F)(F)F)c2)c1. The Morgan fingerprint density at radius 2 is 0.901 bits per heavy atom. The van der Waals surface area contributed by atoms with Crippen molar-refractivity contribution < 1.29 is 64.0 Å². The Morgan fingerprint density at radius 1 is 0.507 bits per heavy atom. The average molecular weight is 981 g/mol. The summed E-state index contributed by atoms with van der Waals surface area (Å²) in [5.74, 6) is -2.06. The maximum atomic E-state index is 13.7. The summed E-state index contributed by atoms with van der Waals surface area (Å²) >= 11 is 0. The van der Waals surface area contributed by atoms with E-state index >= 15 is 0 Å². The van der Waals surface area contributed by atoms with Crippen LogP contribution in [0.2, 0.25) is 0 Å². The lowest BCUT2D eigenvalue weighted by Gasteiger charge is -2.18. The van der Waals surface area contributed by atoms with Gasteiger partial charge in [0.25, 0.3) is 0 Å². The smallest absolute Gasteiger partial charge is 0.416 e. The lowest BCUT2D eigenvalue weighted by Crippen LogP contribution is -2.11. The Labute approximate surface area is 402 Å². The minimum atomic E-state index is -4.71. The van der Waals surface area contributed by atoms with Gasteiger partial charge in [0.15, 0.2) is 0 Å². The molecule has 0 radical (unpaired) electrons. The van der Waals surface area contributed by atoms with Crippen LogP contribution in [0.5, 0.6) is 11.5 Å². The second-order valence-corrected chi connectivity index (χ2v) is 16.5. The summed E-state index contributed by atoms with van der Waals surface area (Å²) in [6, 6.07) is 35.7. The Kier molecular flexibility index (Phi) is 14.9. The van der Waals surface area contributed by atoms with Crippen LogP contribution in [0.15, 0.2) is 146 Å². The summed E-state index contributed by atoms with van der Waals surface area (Å²) in [6.07, 6.45) is -9.37. The quantitative estimate of drug-likeness (QED) is 0.0968. The summed E-state index contributed by atoms with van der Waals surface area (Å²) in [4.78, 5) is 23.7. The summed E-state index contributed by atoms with van der Waals surface area (Å²) < 4.78 is 128. The third kappa shape index (κ3) is 12.0. The first-order chi connectivity index (χ1) is 33.6. The fraction of sp³-hybridized carbons (Fsp3) is 0.164. The van der Waals surface area contributed by atoms with Gasteiger partial charge in [0.1, 0.15) is 36.3 Å². The van der Waals surface area contributed by atoms with Crippen LogP contribution in [0.4, 0.5) is 35.1 Å². The Morgan fingerprint density at radius 3 is 1.28 bits per heavy atom. The highest BCUT2D eigenvalue weighted by Crippen LogP contribution is 2.40. The number of esters is 1. The standard InChI is InChI=1S/C28H23F4NO3.C27H21F4NO3/c1-17-4-11-26(36-16-19-6-8-22(29)9-7-19)24(12-17)25-10-5-18(2)33(25)23-14-20(27(34)35-3)13-21(15-23)28(30,31)32;1-16-3-10-25(35-15-18-5-7-21(28)8-6-18)23(11-16)24-9-4-17(2)32(24)22-13-19(26(33)34)12-20(14-22)27(29,30)31/h4-15H,16H2,1-3H3;3-14H,15H2,1-2H3,(H,33,34). The van der Waals surface area contributed by atoms with Crippen molar-refractivity contribution in [2.75, 3.05) is 7.11 Å². The second kappa shape index (κ2) is 20.8. The van der Waals surface area contributed by atoms with Crippen molar-refractivity contribution >= 4 is 11.9 Å². The number of hydrogen-bond acceptors (Lipinski definition) is 5. The topological polar surface area (TPSA) is 91.9 Å². The van der Waals surface area contributed by atoms with Gasteiger partial charge in [-0.2, -0.15) is 26.3 Å². The van der Waals surface area contributed by atoms with E-state index in [-0.39, 0.29) is 41.8 Å². The highest BCUT2D eigenvalue weighted by molar-refractivity contribution is 5.91. The van der Waals surface area contributed by atoms with Crippen LogP contribution in [0.3, 0.4) is 0 Å². The second-order valence-electron chi connectivity index (χ2n) is 16.5. The van der Waals surface area contributed by atoms with E-state index in [2.05, 4.69) is 4.74 Å². The third-order valence-electron chi connectivity index (χ3n) is 11.3. The summed E-state index contributed by atoms with van der Waals surface area (Å²) in [5, 5.41) is 9.41. The van der Waals surface area contributed by atoms with Gasteiger partial charge in [-0.25, -0.2) is 18.4 Å². The zero-order valence-electron chi connectivity index (χ0n) is 38.7. The van der Waals surface area contributed by atoms with E-state index in [4.69, 9.17) is 9.47 Å². The van der Waals surface area contributed by atoms with Gasteiger partial charge in [-0.15, -0.1) is 0 Å². The number of carbonyl (C=O) groups excluding carboxylic acids is 1. The highest BCUT2D eigenvalue weighted by Gasteiger charge is 2.34. The van der Waals surface area contributed by atoms with Gasteiger partial charge in [-0.1, -0.05) is 47.5 Å². The van der Waals surface area contributed by atoms with Crippen LogP contribution in [-0.4, -0.2) is 33.3 Å². The Hall–Kier alpha value is -8.14. The molecule has 0 aliphatic rings. The minimum absolute atomic E-state index is 0.0701. The Balaban J connectivity index is 0.000000209. The van der Waals surface area contributed by atoms with E-state index in [0.717, 1.165) is 47.6 Å². The predicted octanol–water partition coefficient (Wildman–Crippen LogP) is 14.5. The molecule has 0 spiro atoms. The van der Waals surface area contributed by atoms with Gasteiger partial charge in [0.05, 0.1) is 40.8 Å². The average Bonchev–Trinajstić information content (AvgIpc) is 3.92. The number of halogens is 8. The minimum Gasteiger partial charge on any atom is -0.488 e. The molecule has 8 nitrogen and oxygen atoms in total. The first-order valence-corrected chi connectivity index (χ1v) is 21.7. The van der Waals surface area contributed by atoms with Crippen LogP contribution in [0.1, 0.15) is 65.5 Å². The molecule has 366 valence electrons. The van der Waals surface area contributed by atoms with Crippen molar-refractivity contribution in [3.63, 3.8) is 0 Å². The molecule has 6 aromatic carbocycles. The van der Waals surface area contributed by atoms with E-state index in [1.165, 1.54) is 36.4 Å². The molecule has 0 amide bonds. The molecule has 71 heavy (non-hydrogen) atoms. The van der Waals surface area contributed by atoms with Crippen molar-refractivity contribution in [1.82, 2.24) is 9.13 Å². The highest BCUT2D eigenvalue weighted by atomic mass is 19.4. The molecule has 8 aromatic rings. The number of carboxylic acid groups (broad SMARTS) is 1. The van der Waals surface area contributed by atoms with Gasteiger partial charge in [0, 0.05) is 33.9 Å². The van der Waals surface area contributed by atoms with Crippen LogP contribution < -0.4 is 9.47 Å². The van der Waals surface area contributed by atoms with Gasteiger partial charge in [0.2, 0.25) is 0 Å². The number of nitrogens with zero attached hydrogens (tertiary/aromatic N) is 2. The molecule has 0 fully saturated rings. The molecule has 1 N–H and O–H groups in total. The van der Waals surface area contributed by atoms with E-state index in [9.17, 15) is 49.8 Å². The molecule has 0 aliphatic carbocycles. The predicted molar refractivity (Wildman–Crippen MR) is 251 cm³/mol. The molecule has 0 saturated carbocycles. The monoisotopic (exact) mass is 980 g/mol. The number of ether oxygens (including phenoxy) is 3. The number of methoxy groups -OCH3 is 1. The number of aromatic nitrogens is 2. The van der Waals surface area contributed by atoms with Crippen LogP contribution >= 0.6 is 0 Å². The fourth-order valence-corrected chi connectivity index (χ4v) is 7.77. The normalized spacial score (nSPS) is 11.5. The fourth-order valence-electron chi connectivity index (χ4n) is 7.77. The van der Waals surface area contributed by atoms with Gasteiger partial charge < -0.3 is 28.5 Å². The van der Waals surface area contributed by atoms with Gasteiger partial charge >= 0.3 is 24.3 Å². The molecule has 8 rings (SSSR count). The van der Waals surface area contributed by atoms with Crippen LogP contribution in [-0.2, 0) is 30.3 Å². The molecule has 0 bridgehead atoms. The van der Waals surface area contributed by atoms with Crippen molar-refractivity contribution in [1.29, 1.82) is 0 Å². The number of hydrogen-bond donors (Lipinski definition) is 1. The van der Waals surface area contributed by atoms with E-state index in [1.807, 2.05) is 38.1 Å². The molecular formula is C55H44F8N2O6. The molecule has 0 unspecified atom stereocenters. The van der Waals surface area contributed by atoms with Crippen molar-refractivity contribution in [2.24, 2.45) is 0 Å². The number of benzene rings is 6. The largest absolute Gasteiger partial charge is 0.488 e. The number of carbonyl (C=O) groups is 2. The van der Waals surface area contributed by atoms with Crippen LogP contribution in [0.25, 0.3) is 33.9 Å². The van der Waals surface area contributed by atoms with E-state index < -0.39 is 41.0 Å². The van der Waals surface area contributed by atoms with E-state index in [0.29, 0.717) is 51.5 Å². The Bertz CT molecular complexity index is 3230. The lowest BCUT2D eigenvalue weighted by atomic mass is 10.1. The van der Waals surface area contributed by atoms with Crippen molar-refractivity contribution in [3.8, 4) is 45.4 Å². The van der Waals surface area contributed by atoms with Crippen molar-refractivity contribution in [2.45, 2.75) is 53.3 Å². The lowest BCUT2D eigenvalue weighted by molar-refractivity contribution is -0.138. The first-order valence-electron chi connectivity index (χ1n) is 21.7. The zero-order chi connectivity index (χ0) is 51.4. The maximum Gasteiger partial charge on any atom is 0.416 e. The van der Waals surface area contributed by atoms with Crippen LogP contribution in [0, 0.1) is 39.3 Å². The third-order valence-corrected chi connectivity index (χ3v) is 11.3.